The molecular weight excluding hydrogens is 244 g/mol. The summed E-state index contributed by atoms with van der Waals surface area (Å²) in [5.74, 6) is 0.893. The molecule has 17 heavy (non-hydrogen) atoms. The van der Waals surface area contributed by atoms with E-state index in [-0.39, 0.29) is 12.5 Å². The van der Waals surface area contributed by atoms with Crippen molar-refractivity contribution in [2.75, 3.05) is 20.8 Å². The average molecular weight is 256 g/mol. The van der Waals surface area contributed by atoms with E-state index in [4.69, 9.17) is 8.92 Å². The van der Waals surface area contributed by atoms with Crippen LogP contribution in [0.1, 0.15) is 5.56 Å². The third kappa shape index (κ3) is 2.56. The van der Waals surface area contributed by atoms with Gasteiger partial charge in [-0.1, -0.05) is 0 Å². The van der Waals surface area contributed by atoms with Gasteiger partial charge in [-0.2, -0.15) is 12.7 Å². The second-order valence-corrected chi connectivity index (χ2v) is 5.36. The van der Waals surface area contributed by atoms with Gasteiger partial charge in [0, 0.05) is 25.9 Å². The number of benzene rings is 1. The van der Waals surface area contributed by atoms with Crippen LogP contribution in [-0.4, -0.2) is 39.8 Å². The second kappa shape index (κ2) is 4.34. The normalized spacial score (nSPS) is 14.3. The Balaban J connectivity index is 2.28. The molecule has 7 heteroatoms. The predicted octanol–water partition coefficient (Wildman–Crippen LogP) is 0.641. The zero-order valence-corrected chi connectivity index (χ0v) is 10.3. The lowest BCUT2D eigenvalue weighted by atomic mass is 10.2. The molecule has 0 fully saturated rings. The summed E-state index contributed by atoms with van der Waals surface area (Å²) in [5, 5.41) is 0. The molecule has 2 rings (SSSR count). The maximum atomic E-state index is 11.5. The molecule has 0 saturated heterocycles. The molecular formula is C10H12N2O4S. The molecule has 0 unspecified atom stereocenters. The van der Waals surface area contributed by atoms with Crippen molar-refractivity contribution in [3.63, 3.8) is 0 Å². The summed E-state index contributed by atoms with van der Waals surface area (Å²) in [4.78, 5) is 3.93. The minimum Gasteiger partial charge on any atom is -0.471 e. The van der Waals surface area contributed by atoms with E-state index < -0.39 is 10.3 Å². The molecule has 0 radical (unpaired) electrons. The van der Waals surface area contributed by atoms with Crippen molar-refractivity contribution < 1.29 is 17.3 Å². The molecule has 1 heterocycles. The van der Waals surface area contributed by atoms with Gasteiger partial charge in [-0.05, 0) is 18.2 Å². The summed E-state index contributed by atoms with van der Waals surface area (Å²) < 4.78 is 34.2. The molecule has 0 spiro atoms. The highest BCUT2D eigenvalue weighted by molar-refractivity contribution is 7.84. The fourth-order valence-corrected chi connectivity index (χ4v) is 1.75. The third-order valence-corrected chi connectivity index (χ3v) is 3.45. The quantitative estimate of drug-likeness (QED) is 0.796. The Kier molecular flexibility index (Phi) is 3.03. The fraction of sp³-hybridized carbons (Fsp3) is 0.300. The Morgan fingerprint density at radius 2 is 2.18 bits per heavy atom. The van der Waals surface area contributed by atoms with E-state index in [0.29, 0.717) is 11.3 Å². The number of ether oxygens (including phenoxy) is 1. The first-order valence-corrected chi connectivity index (χ1v) is 6.24. The molecule has 1 aromatic rings. The van der Waals surface area contributed by atoms with Gasteiger partial charge in [-0.3, -0.25) is 4.99 Å². The highest BCUT2D eigenvalue weighted by atomic mass is 32.2. The van der Waals surface area contributed by atoms with Crippen LogP contribution in [0.2, 0.25) is 0 Å². The van der Waals surface area contributed by atoms with Crippen molar-refractivity contribution in [1.82, 2.24) is 4.31 Å². The lowest BCUT2D eigenvalue weighted by molar-refractivity contribution is 0.325. The van der Waals surface area contributed by atoms with Crippen LogP contribution in [0.4, 0.5) is 0 Å². The topological polar surface area (TPSA) is 68.2 Å². The molecule has 0 N–H and O–H groups in total. The minimum absolute atomic E-state index is 0.231. The lowest BCUT2D eigenvalue weighted by Crippen LogP contribution is -2.27. The van der Waals surface area contributed by atoms with Crippen molar-refractivity contribution >= 4 is 16.5 Å². The Morgan fingerprint density at radius 1 is 1.41 bits per heavy atom. The van der Waals surface area contributed by atoms with Crippen LogP contribution >= 0.6 is 0 Å². The first-order valence-electron chi connectivity index (χ1n) is 4.88. The molecule has 0 atom stereocenters. The summed E-state index contributed by atoms with van der Waals surface area (Å²) >= 11 is 0. The predicted molar refractivity (Wildman–Crippen MR) is 62.8 cm³/mol. The van der Waals surface area contributed by atoms with Gasteiger partial charge < -0.3 is 8.92 Å². The van der Waals surface area contributed by atoms with E-state index >= 15 is 0 Å². The maximum Gasteiger partial charge on any atom is 0.384 e. The van der Waals surface area contributed by atoms with E-state index in [0.717, 1.165) is 4.31 Å². The average Bonchev–Trinajstić information content (AvgIpc) is 2.28. The van der Waals surface area contributed by atoms with Gasteiger partial charge in [0.1, 0.15) is 11.5 Å². The fourth-order valence-electron chi connectivity index (χ4n) is 1.25. The van der Waals surface area contributed by atoms with Crippen LogP contribution in [0.15, 0.2) is 23.2 Å². The first-order chi connectivity index (χ1) is 7.99. The molecule has 0 amide bonds. The first kappa shape index (κ1) is 11.9. The van der Waals surface area contributed by atoms with E-state index in [1.165, 1.54) is 14.1 Å². The second-order valence-electron chi connectivity index (χ2n) is 3.61. The Bertz CT molecular complexity index is 551. The summed E-state index contributed by atoms with van der Waals surface area (Å²) in [5.41, 5.74) is 0.697. The Labute approximate surface area is 99.7 Å². The largest absolute Gasteiger partial charge is 0.471 e. The molecule has 1 aliphatic rings. The number of rotatable bonds is 3. The standard InChI is InChI=1S/C10H12N2O4S/c1-12(2)17(13,14)16-9-3-4-10-8(5-9)6-11-7-15-10/h3-6H,7H2,1-2H3. The van der Waals surface area contributed by atoms with E-state index in [1.54, 1.807) is 24.4 Å². The number of fused-ring (bicyclic) bond motifs is 1. The number of hydrogen-bond donors (Lipinski definition) is 0. The van der Waals surface area contributed by atoms with Crippen molar-refractivity contribution in [1.29, 1.82) is 0 Å². The molecule has 0 aliphatic carbocycles. The van der Waals surface area contributed by atoms with E-state index in [2.05, 4.69) is 4.99 Å². The summed E-state index contributed by atoms with van der Waals surface area (Å²) in [6.07, 6.45) is 1.62. The zero-order valence-electron chi connectivity index (χ0n) is 9.45. The van der Waals surface area contributed by atoms with Crippen molar-refractivity contribution in [3.05, 3.63) is 23.8 Å². The van der Waals surface area contributed by atoms with Crippen LogP contribution < -0.4 is 8.92 Å². The van der Waals surface area contributed by atoms with Crippen molar-refractivity contribution in [3.8, 4) is 11.5 Å². The van der Waals surface area contributed by atoms with Crippen LogP contribution in [0.25, 0.3) is 0 Å². The molecule has 92 valence electrons. The van der Waals surface area contributed by atoms with Gasteiger partial charge in [-0.25, -0.2) is 0 Å². The Morgan fingerprint density at radius 3 is 2.88 bits per heavy atom. The van der Waals surface area contributed by atoms with Crippen LogP contribution in [0.3, 0.4) is 0 Å². The number of nitrogens with zero attached hydrogens (tertiary/aromatic N) is 2. The zero-order chi connectivity index (χ0) is 12.5. The van der Waals surface area contributed by atoms with Gasteiger partial charge in [0.15, 0.2) is 6.73 Å². The summed E-state index contributed by atoms with van der Waals surface area (Å²) in [6, 6.07) is 4.76. The molecule has 0 bridgehead atoms. The van der Waals surface area contributed by atoms with Crippen molar-refractivity contribution in [2.45, 2.75) is 0 Å². The lowest BCUT2D eigenvalue weighted by Gasteiger charge is -2.15. The van der Waals surface area contributed by atoms with Gasteiger partial charge in [-0.15, -0.1) is 0 Å². The molecule has 0 aromatic heterocycles. The van der Waals surface area contributed by atoms with Crippen molar-refractivity contribution in [2.24, 2.45) is 4.99 Å². The maximum absolute atomic E-state index is 11.5. The van der Waals surface area contributed by atoms with Crippen LogP contribution in [0, 0.1) is 0 Å². The van der Waals surface area contributed by atoms with E-state index in [1.807, 2.05) is 0 Å². The SMILES string of the molecule is CN(C)S(=O)(=O)Oc1ccc2c(c1)C=NCO2. The Hall–Kier alpha value is -1.60. The highest BCUT2D eigenvalue weighted by Gasteiger charge is 2.17. The molecule has 0 saturated carbocycles. The number of hydrogen-bond acceptors (Lipinski definition) is 5. The van der Waals surface area contributed by atoms with Crippen LogP contribution in [0.5, 0.6) is 11.5 Å². The van der Waals surface area contributed by atoms with Gasteiger partial charge in [0.25, 0.3) is 0 Å². The molecule has 1 aromatic carbocycles. The third-order valence-electron chi connectivity index (χ3n) is 2.15. The minimum atomic E-state index is -3.73. The monoisotopic (exact) mass is 256 g/mol. The summed E-state index contributed by atoms with van der Waals surface area (Å²) in [7, 11) is -0.928. The van der Waals surface area contributed by atoms with Gasteiger partial charge in [0.2, 0.25) is 0 Å². The smallest absolute Gasteiger partial charge is 0.384 e. The highest BCUT2D eigenvalue weighted by Crippen LogP contribution is 2.25. The number of aliphatic imine (C=N–C) groups is 1. The van der Waals surface area contributed by atoms with E-state index in [9.17, 15) is 8.42 Å². The van der Waals surface area contributed by atoms with Gasteiger partial charge in [0.05, 0.1) is 0 Å². The van der Waals surface area contributed by atoms with Crippen LogP contribution in [-0.2, 0) is 10.3 Å². The molecule has 1 aliphatic heterocycles. The summed E-state index contributed by atoms with van der Waals surface area (Å²) in [6.45, 7) is 0.281. The molecule has 6 nitrogen and oxygen atoms in total. The van der Waals surface area contributed by atoms with Gasteiger partial charge >= 0.3 is 10.3 Å².